The van der Waals surface area contributed by atoms with Crippen molar-refractivity contribution in [2.75, 3.05) is 11.9 Å². The highest BCUT2D eigenvalue weighted by atomic mass is 19.1. The lowest BCUT2D eigenvalue weighted by Crippen LogP contribution is -2.16. The van der Waals surface area contributed by atoms with Gasteiger partial charge in [-0.2, -0.15) is 0 Å². The van der Waals surface area contributed by atoms with Gasteiger partial charge < -0.3 is 10.1 Å². The molecule has 0 bridgehead atoms. The second kappa shape index (κ2) is 5.90. The highest BCUT2D eigenvalue weighted by molar-refractivity contribution is 6.00. The number of anilines is 1. The topological polar surface area (TPSA) is 67.4 Å². The average Bonchev–Trinajstić information content (AvgIpc) is 2.66. The summed E-state index contributed by atoms with van der Waals surface area (Å²) in [5.74, 6) is -0.955. The van der Waals surface area contributed by atoms with Gasteiger partial charge in [-0.25, -0.2) is 9.18 Å². The van der Waals surface area contributed by atoms with Gasteiger partial charge in [0.2, 0.25) is 0 Å². The number of halogens is 1. The number of unbranched alkanes of at least 4 members (excludes halogenated alkanes) is 1. The van der Waals surface area contributed by atoms with Crippen molar-refractivity contribution < 1.29 is 18.7 Å². The smallest absolute Gasteiger partial charge is 0.411 e. The van der Waals surface area contributed by atoms with Crippen LogP contribution in [0.4, 0.5) is 14.9 Å². The van der Waals surface area contributed by atoms with Crippen molar-refractivity contribution in [3.63, 3.8) is 0 Å². The fourth-order valence-electron chi connectivity index (χ4n) is 2.05. The minimum Gasteiger partial charge on any atom is -0.449 e. The molecule has 5 nitrogen and oxygen atoms in total. The molecule has 0 saturated carbocycles. The van der Waals surface area contributed by atoms with E-state index < -0.39 is 11.9 Å². The lowest BCUT2D eigenvalue weighted by molar-refractivity contribution is 0.0958. The summed E-state index contributed by atoms with van der Waals surface area (Å²) in [4.78, 5) is 23.0. The molecule has 0 spiro atoms. The van der Waals surface area contributed by atoms with Gasteiger partial charge in [0.15, 0.2) is 0 Å². The number of nitrogens with one attached hydrogen (secondary N) is 2. The summed E-state index contributed by atoms with van der Waals surface area (Å²) in [6, 6.07) is 2.40. The number of hydrogen-bond donors (Lipinski definition) is 2. The van der Waals surface area contributed by atoms with Crippen LogP contribution in [0.15, 0.2) is 12.1 Å². The Bertz CT molecular complexity index is 545. The molecule has 2 rings (SSSR count). The Morgan fingerprint density at radius 2 is 2.25 bits per heavy atom. The minimum absolute atomic E-state index is 0.0219. The zero-order valence-corrected chi connectivity index (χ0v) is 11.5. The van der Waals surface area contributed by atoms with E-state index in [0.29, 0.717) is 17.7 Å². The van der Waals surface area contributed by atoms with Gasteiger partial charge >= 0.3 is 6.09 Å². The first-order valence-electron chi connectivity index (χ1n) is 6.61. The van der Waals surface area contributed by atoms with Crippen molar-refractivity contribution in [3.05, 3.63) is 29.1 Å². The predicted octanol–water partition coefficient (Wildman–Crippen LogP) is 2.98. The van der Waals surface area contributed by atoms with Crippen LogP contribution in [-0.2, 0) is 4.74 Å². The monoisotopic (exact) mass is 280 g/mol. The third-order valence-corrected chi connectivity index (χ3v) is 3.17. The standard InChI is InChI=1S/C14H17FN2O3/c1-3-4-5-20-14(19)17-12-7-9-8(2)16-13(18)10(9)6-11(12)15/h6-8H,3-5H2,1-2H3,(H,16,18)(H,17,19). The second-order valence-corrected chi connectivity index (χ2v) is 4.73. The summed E-state index contributed by atoms with van der Waals surface area (Å²) in [6.45, 7) is 4.07. The van der Waals surface area contributed by atoms with Gasteiger partial charge in [0.1, 0.15) is 5.82 Å². The number of hydrogen-bond acceptors (Lipinski definition) is 3. The minimum atomic E-state index is -0.692. The maximum atomic E-state index is 13.8. The van der Waals surface area contributed by atoms with Crippen LogP contribution in [0.3, 0.4) is 0 Å². The van der Waals surface area contributed by atoms with Gasteiger partial charge in [-0.05, 0) is 31.0 Å². The van der Waals surface area contributed by atoms with E-state index in [4.69, 9.17) is 4.74 Å². The fraction of sp³-hybridized carbons (Fsp3) is 0.429. The molecule has 1 heterocycles. The molecule has 2 amide bonds. The van der Waals surface area contributed by atoms with Crippen LogP contribution in [0.1, 0.15) is 48.7 Å². The molecule has 0 saturated heterocycles. The van der Waals surface area contributed by atoms with E-state index >= 15 is 0 Å². The first-order valence-corrected chi connectivity index (χ1v) is 6.61. The van der Waals surface area contributed by atoms with Crippen molar-refractivity contribution in [1.29, 1.82) is 0 Å². The Labute approximate surface area is 116 Å². The molecule has 1 aromatic carbocycles. The molecule has 0 aliphatic carbocycles. The molecule has 108 valence electrons. The fourth-order valence-corrected chi connectivity index (χ4v) is 2.05. The molecule has 1 aromatic rings. The van der Waals surface area contributed by atoms with Crippen molar-refractivity contribution in [2.24, 2.45) is 0 Å². The summed E-state index contributed by atoms with van der Waals surface area (Å²) in [5.41, 5.74) is 0.994. The van der Waals surface area contributed by atoms with Crippen molar-refractivity contribution in [1.82, 2.24) is 5.32 Å². The van der Waals surface area contributed by atoms with E-state index in [1.165, 1.54) is 6.07 Å². The highest BCUT2D eigenvalue weighted by Crippen LogP contribution is 2.29. The number of benzene rings is 1. The van der Waals surface area contributed by atoms with Crippen LogP contribution in [0, 0.1) is 5.82 Å². The summed E-state index contributed by atoms with van der Waals surface area (Å²) < 4.78 is 18.8. The van der Waals surface area contributed by atoms with Gasteiger partial charge in [0.05, 0.1) is 18.3 Å². The van der Waals surface area contributed by atoms with Crippen LogP contribution in [0.25, 0.3) is 0 Å². The molecule has 2 N–H and O–H groups in total. The Balaban J connectivity index is 2.12. The van der Waals surface area contributed by atoms with Crippen molar-refractivity contribution in [2.45, 2.75) is 32.7 Å². The van der Waals surface area contributed by atoms with E-state index in [-0.39, 0.29) is 17.6 Å². The zero-order valence-electron chi connectivity index (χ0n) is 11.5. The van der Waals surface area contributed by atoms with E-state index in [9.17, 15) is 14.0 Å². The Hall–Kier alpha value is -2.11. The SMILES string of the molecule is CCCCOC(=O)Nc1cc2c(cc1F)C(=O)NC2C. The molecule has 1 unspecified atom stereocenters. The molecule has 1 aliphatic heterocycles. The molecular formula is C14H17FN2O3. The largest absolute Gasteiger partial charge is 0.449 e. The third-order valence-electron chi connectivity index (χ3n) is 3.17. The quantitative estimate of drug-likeness (QED) is 0.833. The van der Waals surface area contributed by atoms with Crippen LogP contribution in [0.2, 0.25) is 0 Å². The predicted molar refractivity (Wildman–Crippen MR) is 72.2 cm³/mol. The lowest BCUT2D eigenvalue weighted by Gasteiger charge is -2.10. The molecule has 20 heavy (non-hydrogen) atoms. The molecule has 0 fully saturated rings. The number of ether oxygens (including phenoxy) is 1. The van der Waals surface area contributed by atoms with Crippen LogP contribution in [-0.4, -0.2) is 18.6 Å². The average molecular weight is 280 g/mol. The molecule has 1 atom stereocenters. The Kier molecular flexibility index (Phi) is 4.22. The summed E-state index contributed by atoms with van der Waals surface area (Å²) >= 11 is 0. The Morgan fingerprint density at radius 3 is 2.95 bits per heavy atom. The number of carbonyl (C=O) groups is 2. The van der Waals surface area contributed by atoms with E-state index in [0.717, 1.165) is 18.9 Å². The van der Waals surface area contributed by atoms with E-state index in [2.05, 4.69) is 10.6 Å². The summed E-state index contributed by atoms with van der Waals surface area (Å²) in [6.07, 6.45) is 0.976. The lowest BCUT2D eigenvalue weighted by atomic mass is 10.0. The summed E-state index contributed by atoms with van der Waals surface area (Å²) in [5, 5.41) is 5.04. The first kappa shape index (κ1) is 14.3. The number of rotatable bonds is 4. The van der Waals surface area contributed by atoms with Gasteiger partial charge in [-0.15, -0.1) is 0 Å². The normalized spacial score (nSPS) is 16.6. The van der Waals surface area contributed by atoms with Crippen molar-refractivity contribution >= 4 is 17.7 Å². The van der Waals surface area contributed by atoms with Gasteiger partial charge in [-0.3, -0.25) is 10.1 Å². The van der Waals surface area contributed by atoms with E-state index in [1.54, 1.807) is 6.92 Å². The van der Waals surface area contributed by atoms with Crippen LogP contribution >= 0.6 is 0 Å². The number of fused-ring (bicyclic) bond motifs is 1. The second-order valence-electron chi connectivity index (χ2n) is 4.73. The van der Waals surface area contributed by atoms with E-state index in [1.807, 2.05) is 6.92 Å². The maximum Gasteiger partial charge on any atom is 0.411 e. The molecule has 6 heteroatoms. The van der Waals surface area contributed by atoms with Crippen LogP contribution < -0.4 is 10.6 Å². The first-order chi connectivity index (χ1) is 9.52. The van der Waals surface area contributed by atoms with Gasteiger partial charge in [0, 0.05) is 5.56 Å². The van der Waals surface area contributed by atoms with Gasteiger partial charge in [-0.1, -0.05) is 13.3 Å². The number of carbonyl (C=O) groups excluding carboxylic acids is 2. The van der Waals surface area contributed by atoms with Gasteiger partial charge in [0.25, 0.3) is 5.91 Å². The summed E-state index contributed by atoms with van der Waals surface area (Å²) in [7, 11) is 0. The molecule has 0 aromatic heterocycles. The molecular weight excluding hydrogens is 263 g/mol. The highest BCUT2D eigenvalue weighted by Gasteiger charge is 2.27. The number of amides is 2. The zero-order chi connectivity index (χ0) is 14.7. The van der Waals surface area contributed by atoms with Crippen LogP contribution in [0.5, 0.6) is 0 Å². The Morgan fingerprint density at radius 1 is 1.50 bits per heavy atom. The third kappa shape index (κ3) is 2.89. The maximum absolute atomic E-state index is 13.8. The molecule has 1 aliphatic rings. The molecule has 0 radical (unpaired) electrons. The van der Waals surface area contributed by atoms with Crippen molar-refractivity contribution in [3.8, 4) is 0 Å².